The van der Waals surface area contributed by atoms with Crippen molar-refractivity contribution in [3.05, 3.63) is 18.0 Å². The fourth-order valence-electron chi connectivity index (χ4n) is 2.79. The van der Waals surface area contributed by atoms with Crippen LogP contribution in [0, 0.1) is 0 Å². The molecule has 0 saturated carbocycles. The second kappa shape index (κ2) is 5.04. The molecule has 0 bridgehead atoms. The van der Waals surface area contributed by atoms with E-state index in [0.29, 0.717) is 31.2 Å². The van der Waals surface area contributed by atoms with E-state index in [1.54, 1.807) is 10.7 Å². The molecule has 1 unspecified atom stereocenters. The highest BCUT2D eigenvalue weighted by atomic mass is 32.2. The number of hydrogen-bond donors (Lipinski definition) is 0. The van der Waals surface area contributed by atoms with Crippen molar-refractivity contribution in [3.63, 3.8) is 0 Å². The van der Waals surface area contributed by atoms with Gasteiger partial charge in [0.15, 0.2) is 9.84 Å². The van der Waals surface area contributed by atoms with Crippen molar-refractivity contribution in [2.45, 2.75) is 37.6 Å². The minimum atomic E-state index is -3.11. The molecular weight excluding hydrogens is 308 g/mol. The first-order chi connectivity index (χ1) is 10.3. The van der Waals surface area contributed by atoms with Crippen LogP contribution in [0.2, 0.25) is 0 Å². The summed E-state index contributed by atoms with van der Waals surface area (Å²) in [6.07, 6.45) is 3.30. The van der Waals surface area contributed by atoms with Gasteiger partial charge < -0.3 is 9.42 Å². The predicted octanol–water partition coefficient (Wildman–Crippen LogP) is 0.111. The van der Waals surface area contributed by atoms with Crippen LogP contribution in [0.3, 0.4) is 0 Å². The second-order valence-corrected chi connectivity index (χ2v) is 8.53. The molecule has 0 amide bonds. The number of anilines is 1. The van der Waals surface area contributed by atoms with Gasteiger partial charge >= 0.3 is 0 Å². The van der Waals surface area contributed by atoms with Crippen LogP contribution in [0.5, 0.6) is 0 Å². The van der Waals surface area contributed by atoms with Crippen molar-refractivity contribution in [2.24, 2.45) is 0 Å². The molecule has 2 aromatic heterocycles. The Kier molecular flexibility index (Phi) is 3.42. The molecule has 1 atom stereocenters. The largest absolute Gasteiger partial charge is 0.364 e. The molecule has 1 fully saturated rings. The molecule has 9 nitrogen and oxygen atoms in total. The van der Waals surface area contributed by atoms with Gasteiger partial charge in [-0.15, -0.1) is 0 Å². The van der Waals surface area contributed by atoms with Crippen molar-refractivity contribution < 1.29 is 12.9 Å². The number of hydrogen-bond acceptors (Lipinski definition) is 8. The fraction of sp³-hybridized carbons (Fsp3) is 0.667. The highest BCUT2D eigenvalue weighted by Crippen LogP contribution is 2.35. The summed E-state index contributed by atoms with van der Waals surface area (Å²) in [5.41, 5.74) is 0.356. The zero-order valence-electron chi connectivity index (χ0n) is 12.7. The summed E-state index contributed by atoms with van der Waals surface area (Å²) in [5.74, 6) is 0.541. The lowest BCUT2D eigenvalue weighted by molar-refractivity contribution is 0.407. The number of sulfone groups is 1. The van der Waals surface area contributed by atoms with E-state index in [4.69, 9.17) is 4.52 Å². The van der Waals surface area contributed by atoms with Crippen LogP contribution in [0.15, 0.2) is 16.9 Å². The van der Waals surface area contributed by atoms with Gasteiger partial charge in [-0.25, -0.2) is 13.1 Å². The van der Waals surface area contributed by atoms with Crippen molar-refractivity contribution in [1.29, 1.82) is 0 Å². The van der Waals surface area contributed by atoms with Gasteiger partial charge in [0, 0.05) is 24.4 Å². The Hall–Kier alpha value is -1.97. The molecule has 1 aliphatic rings. The maximum Gasteiger partial charge on any atom is 0.246 e. The topological polar surface area (TPSA) is 107 Å². The summed E-state index contributed by atoms with van der Waals surface area (Å²) in [4.78, 5) is 1.94. The smallest absolute Gasteiger partial charge is 0.246 e. The molecule has 22 heavy (non-hydrogen) atoms. The molecule has 3 heterocycles. The summed E-state index contributed by atoms with van der Waals surface area (Å²) in [5, 5.41) is 15.2. The number of aromatic nitrogens is 5. The van der Waals surface area contributed by atoms with E-state index in [2.05, 4.69) is 20.7 Å². The van der Waals surface area contributed by atoms with Gasteiger partial charge in [0.2, 0.25) is 5.95 Å². The van der Waals surface area contributed by atoms with Gasteiger partial charge in [0.25, 0.3) is 0 Å². The average Bonchev–Trinajstić information content (AvgIpc) is 3.09. The zero-order chi connectivity index (χ0) is 16.0. The highest BCUT2D eigenvalue weighted by Gasteiger charge is 2.44. The lowest BCUT2D eigenvalue weighted by Gasteiger charge is -2.31. The van der Waals surface area contributed by atoms with E-state index >= 15 is 0 Å². The van der Waals surface area contributed by atoms with Crippen LogP contribution in [0.4, 0.5) is 5.95 Å². The zero-order valence-corrected chi connectivity index (χ0v) is 13.5. The molecule has 1 aliphatic heterocycles. The summed E-state index contributed by atoms with van der Waals surface area (Å²) < 4.78 is 30.1. The molecule has 1 saturated heterocycles. The van der Waals surface area contributed by atoms with Crippen LogP contribution in [-0.4, -0.2) is 57.4 Å². The molecular formula is C12H18N6O3S. The first-order valence-electron chi connectivity index (χ1n) is 6.89. The molecule has 0 N–H and O–H groups in total. The van der Waals surface area contributed by atoms with Gasteiger partial charge in [-0.1, -0.05) is 10.3 Å². The third-order valence-electron chi connectivity index (χ3n) is 4.01. The number of tetrazole rings is 1. The second-order valence-electron chi connectivity index (χ2n) is 6.21. The van der Waals surface area contributed by atoms with Crippen molar-refractivity contribution in [1.82, 2.24) is 25.4 Å². The lowest BCUT2D eigenvalue weighted by Crippen LogP contribution is -2.40. The quantitative estimate of drug-likeness (QED) is 0.779. The van der Waals surface area contributed by atoms with Crippen LogP contribution in [-0.2, 0) is 16.4 Å². The SMILES string of the molecule is CC1(C)CC(S(C)(=O)=O)CN1c1nnnn1Cc1ccon1. The van der Waals surface area contributed by atoms with Crippen LogP contribution in [0.1, 0.15) is 26.0 Å². The summed E-state index contributed by atoms with van der Waals surface area (Å²) in [7, 11) is -3.11. The molecule has 3 rings (SSSR count). The van der Waals surface area contributed by atoms with E-state index in [1.807, 2.05) is 18.7 Å². The van der Waals surface area contributed by atoms with Crippen LogP contribution in [0.25, 0.3) is 0 Å². The Balaban J connectivity index is 1.90. The lowest BCUT2D eigenvalue weighted by atomic mass is 10.0. The van der Waals surface area contributed by atoms with Gasteiger partial charge in [-0.05, 0) is 30.7 Å². The Morgan fingerprint density at radius 3 is 2.82 bits per heavy atom. The molecule has 10 heteroatoms. The Morgan fingerprint density at radius 2 is 2.23 bits per heavy atom. The van der Waals surface area contributed by atoms with Crippen LogP contribution >= 0.6 is 0 Å². The predicted molar refractivity (Wildman–Crippen MR) is 78.1 cm³/mol. The number of nitrogens with zero attached hydrogens (tertiary/aromatic N) is 6. The molecule has 120 valence electrons. The average molecular weight is 326 g/mol. The van der Waals surface area contributed by atoms with E-state index in [-0.39, 0.29) is 5.54 Å². The minimum Gasteiger partial charge on any atom is -0.364 e. The van der Waals surface area contributed by atoms with Crippen molar-refractivity contribution in [2.75, 3.05) is 17.7 Å². The third kappa shape index (κ3) is 2.70. The van der Waals surface area contributed by atoms with Gasteiger partial charge in [-0.3, -0.25) is 0 Å². The first kappa shape index (κ1) is 14.9. The number of rotatable bonds is 4. The summed E-state index contributed by atoms with van der Waals surface area (Å²) in [6, 6.07) is 1.74. The van der Waals surface area contributed by atoms with Gasteiger partial charge in [-0.2, -0.15) is 0 Å². The Labute approximate surface area is 128 Å². The summed E-state index contributed by atoms with van der Waals surface area (Å²) in [6.45, 7) is 4.74. The monoisotopic (exact) mass is 326 g/mol. The molecule has 0 aliphatic carbocycles. The molecule has 0 aromatic carbocycles. The molecule has 2 aromatic rings. The summed E-state index contributed by atoms with van der Waals surface area (Å²) >= 11 is 0. The van der Waals surface area contributed by atoms with Gasteiger partial charge in [0.1, 0.15) is 12.0 Å². The highest BCUT2D eigenvalue weighted by molar-refractivity contribution is 7.91. The third-order valence-corrected chi connectivity index (χ3v) is 5.53. The Morgan fingerprint density at radius 1 is 1.45 bits per heavy atom. The minimum absolute atomic E-state index is 0.343. The van der Waals surface area contributed by atoms with Crippen molar-refractivity contribution in [3.8, 4) is 0 Å². The molecule has 0 spiro atoms. The Bertz CT molecular complexity index is 752. The standard InChI is InChI=1S/C12H18N6O3S/c1-12(2)6-10(22(3,19)20)8-17(12)11-13-15-16-18(11)7-9-4-5-21-14-9/h4-5,10H,6-8H2,1-3H3. The maximum atomic E-state index is 11.9. The van der Waals surface area contributed by atoms with Gasteiger partial charge in [0.05, 0.1) is 11.8 Å². The van der Waals surface area contributed by atoms with Crippen molar-refractivity contribution >= 4 is 15.8 Å². The normalized spacial score (nSPS) is 21.4. The van der Waals surface area contributed by atoms with Crippen LogP contribution < -0.4 is 4.90 Å². The molecule has 0 radical (unpaired) electrons. The maximum absolute atomic E-state index is 11.9. The van der Waals surface area contributed by atoms with E-state index in [9.17, 15) is 8.42 Å². The van der Waals surface area contributed by atoms with E-state index in [1.165, 1.54) is 12.5 Å². The first-order valence-corrected chi connectivity index (χ1v) is 8.85. The fourth-order valence-corrected chi connectivity index (χ4v) is 3.92. The van der Waals surface area contributed by atoms with E-state index < -0.39 is 15.1 Å². The van der Waals surface area contributed by atoms with E-state index in [0.717, 1.165) is 0 Å².